The molecule has 0 aliphatic carbocycles. The summed E-state index contributed by atoms with van der Waals surface area (Å²) in [5, 5.41) is 8.75. The highest BCUT2D eigenvalue weighted by molar-refractivity contribution is 5.77. The maximum absolute atomic E-state index is 12.1. The topological polar surface area (TPSA) is 76.1 Å². The molecule has 0 aromatic carbocycles. The van der Waals surface area contributed by atoms with Gasteiger partial charge in [0.05, 0.1) is 31.7 Å². The number of morpholine rings is 1. The SMILES string of the molecule is O=C(O)C[C@@H]1CN(C(=O)C[C@@H]2CCCCO2)CCO1. The average molecular weight is 271 g/mol. The van der Waals surface area contributed by atoms with Crippen LogP contribution in [0.15, 0.2) is 0 Å². The van der Waals surface area contributed by atoms with E-state index in [-0.39, 0.29) is 24.5 Å². The zero-order valence-electron chi connectivity index (χ0n) is 11.0. The van der Waals surface area contributed by atoms with Crippen LogP contribution in [-0.4, -0.2) is 60.4 Å². The van der Waals surface area contributed by atoms with Crippen molar-refractivity contribution in [3.8, 4) is 0 Å². The van der Waals surface area contributed by atoms with E-state index in [1.165, 1.54) is 0 Å². The van der Waals surface area contributed by atoms with Crippen LogP contribution in [0.1, 0.15) is 32.1 Å². The van der Waals surface area contributed by atoms with Crippen molar-refractivity contribution in [3.05, 3.63) is 0 Å². The van der Waals surface area contributed by atoms with Crippen LogP contribution in [0.2, 0.25) is 0 Å². The minimum absolute atomic E-state index is 0.0296. The van der Waals surface area contributed by atoms with Crippen molar-refractivity contribution in [2.45, 2.75) is 44.3 Å². The molecule has 2 aliphatic rings. The van der Waals surface area contributed by atoms with Gasteiger partial charge in [-0.25, -0.2) is 0 Å². The summed E-state index contributed by atoms with van der Waals surface area (Å²) in [5.74, 6) is -0.847. The number of carbonyl (C=O) groups excluding carboxylic acids is 1. The Labute approximate surface area is 112 Å². The molecular weight excluding hydrogens is 250 g/mol. The smallest absolute Gasteiger partial charge is 0.306 e. The summed E-state index contributed by atoms with van der Waals surface area (Å²) in [6.07, 6.45) is 3.12. The second-order valence-corrected chi connectivity index (χ2v) is 5.12. The average Bonchev–Trinajstić information content (AvgIpc) is 2.39. The Kier molecular flexibility index (Phi) is 5.15. The first-order valence-electron chi connectivity index (χ1n) is 6.88. The summed E-state index contributed by atoms with van der Waals surface area (Å²) in [6.45, 7) is 2.07. The molecule has 2 saturated heterocycles. The molecule has 2 heterocycles. The predicted molar refractivity (Wildman–Crippen MR) is 66.8 cm³/mol. The van der Waals surface area contributed by atoms with Gasteiger partial charge in [0.1, 0.15) is 0 Å². The molecule has 2 fully saturated rings. The van der Waals surface area contributed by atoms with Crippen molar-refractivity contribution >= 4 is 11.9 Å². The maximum atomic E-state index is 12.1. The Morgan fingerprint density at radius 3 is 2.58 bits per heavy atom. The quantitative estimate of drug-likeness (QED) is 0.812. The van der Waals surface area contributed by atoms with Gasteiger partial charge in [0.25, 0.3) is 0 Å². The largest absolute Gasteiger partial charge is 0.481 e. The molecule has 19 heavy (non-hydrogen) atoms. The van der Waals surface area contributed by atoms with Crippen LogP contribution in [0.3, 0.4) is 0 Å². The van der Waals surface area contributed by atoms with Crippen molar-refractivity contribution in [2.75, 3.05) is 26.3 Å². The molecule has 2 aliphatic heterocycles. The Morgan fingerprint density at radius 2 is 1.89 bits per heavy atom. The minimum atomic E-state index is -0.894. The molecule has 1 amide bonds. The van der Waals surface area contributed by atoms with Crippen molar-refractivity contribution < 1.29 is 24.2 Å². The lowest BCUT2D eigenvalue weighted by Crippen LogP contribution is -2.47. The summed E-state index contributed by atoms with van der Waals surface area (Å²) in [6, 6.07) is 0. The lowest BCUT2D eigenvalue weighted by molar-refractivity contribution is -0.149. The van der Waals surface area contributed by atoms with Gasteiger partial charge in [-0.3, -0.25) is 9.59 Å². The number of carbonyl (C=O) groups is 2. The summed E-state index contributed by atoms with van der Waals surface area (Å²) in [5.41, 5.74) is 0. The maximum Gasteiger partial charge on any atom is 0.306 e. The molecule has 0 unspecified atom stereocenters. The van der Waals surface area contributed by atoms with Crippen molar-refractivity contribution in [2.24, 2.45) is 0 Å². The number of carboxylic acids is 1. The first kappa shape index (κ1) is 14.3. The summed E-state index contributed by atoms with van der Waals surface area (Å²) >= 11 is 0. The van der Waals surface area contributed by atoms with Crippen molar-refractivity contribution in [1.29, 1.82) is 0 Å². The van der Waals surface area contributed by atoms with Gasteiger partial charge >= 0.3 is 5.97 Å². The van der Waals surface area contributed by atoms with Gasteiger partial charge < -0.3 is 19.5 Å². The molecule has 1 N–H and O–H groups in total. The molecule has 0 saturated carbocycles. The number of aliphatic carboxylic acids is 1. The zero-order valence-corrected chi connectivity index (χ0v) is 11.0. The van der Waals surface area contributed by atoms with Crippen LogP contribution < -0.4 is 0 Å². The number of nitrogens with zero attached hydrogens (tertiary/aromatic N) is 1. The van der Waals surface area contributed by atoms with Gasteiger partial charge in [0, 0.05) is 19.7 Å². The monoisotopic (exact) mass is 271 g/mol. The second kappa shape index (κ2) is 6.86. The van der Waals surface area contributed by atoms with Crippen molar-refractivity contribution in [3.63, 3.8) is 0 Å². The second-order valence-electron chi connectivity index (χ2n) is 5.12. The molecule has 0 spiro atoms. The Morgan fingerprint density at radius 1 is 1.11 bits per heavy atom. The molecule has 0 aromatic rings. The van der Waals surface area contributed by atoms with E-state index in [0.717, 1.165) is 25.9 Å². The van der Waals surface area contributed by atoms with E-state index in [2.05, 4.69) is 0 Å². The van der Waals surface area contributed by atoms with E-state index in [1.807, 2.05) is 0 Å². The molecule has 6 heteroatoms. The number of amides is 1. The van der Waals surface area contributed by atoms with Crippen LogP contribution >= 0.6 is 0 Å². The molecule has 0 bridgehead atoms. The van der Waals surface area contributed by atoms with Crippen LogP contribution in [0.5, 0.6) is 0 Å². The number of hydrogen-bond donors (Lipinski definition) is 1. The highest BCUT2D eigenvalue weighted by atomic mass is 16.5. The third-order valence-corrected chi connectivity index (χ3v) is 3.57. The van der Waals surface area contributed by atoms with E-state index < -0.39 is 5.97 Å². The van der Waals surface area contributed by atoms with Gasteiger partial charge in [-0.05, 0) is 19.3 Å². The first-order valence-corrected chi connectivity index (χ1v) is 6.88. The highest BCUT2D eigenvalue weighted by Crippen LogP contribution is 2.18. The van der Waals surface area contributed by atoms with Gasteiger partial charge in [-0.1, -0.05) is 0 Å². The lowest BCUT2D eigenvalue weighted by Gasteiger charge is -2.33. The van der Waals surface area contributed by atoms with E-state index in [4.69, 9.17) is 14.6 Å². The first-order chi connectivity index (χ1) is 9.15. The summed E-state index contributed by atoms with van der Waals surface area (Å²) in [7, 11) is 0. The van der Waals surface area contributed by atoms with Gasteiger partial charge in [0.2, 0.25) is 5.91 Å². The fourth-order valence-electron chi connectivity index (χ4n) is 2.56. The molecule has 2 atom stereocenters. The fourth-order valence-corrected chi connectivity index (χ4v) is 2.56. The Balaban J connectivity index is 1.79. The third-order valence-electron chi connectivity index (χ3n) is 3.57. The Hall–Kier alpha value is -1.14. The normalized spacial score (nSPS) is 28.1. The van der Waals surface area contributed by atoms with Crippen LogP contribution in [0.4, 0.5) is 0 Å². The Bertz CT molecular complexity index is 327. The van der Waals surface area contributed by atoms with Crippen molar-refractivity contribution in [1.82, 2.24) is 4.90 Å². The molecule has 108 valence electrons. The standard InChI is InChI=1S/C13H21NO5/c15-12(7-10-3-1-2-5-18-10)14-4-6-19-11(9-14)8-13(16)17/h10-11H,1-9H2,(H,16,17)/t10-,11+/m0/s1. The third kappa shape index (κ3) is 4.47. The van der Waals surface area contributed by atoms with E-state index in [9.17, 15) is 9.59 Å². The number of rotatable bonds is 4. The van der Waals surface area contributed by atoms with Gasteiger partial charge in [-0.15, -0.1) is 0 Å². The number of carboxylic acid groups (broad SMARTS) is 1. The van der Waals surface area contributed by atoms with E-state index in [0.29, 0.717) is 26.1 Å². The minimum Gasteiger partial charge on any atom is -0.481 e. The van der Waals surface area contributed by atoms with Crippen LogP contribution in [0.25, 0.3) is 0 Å². The van der Waals surface area contributed by atoms with Gasteiger partial charge in [0.15, 0.2) is 0 Å². The summed E-state index contributed by atoms with van der Waals surface area (Å²) in [4.78, 5) is 24.5. The number of hydrogen-bond acceptors (Lipinski definition) is 4. The number of ether oxygens (including phenoxy) is 2. The lowest BCUT2D eigenvalue weighted by atomic mass is 10.1. The van der Waals surface area contributed by atoms with E-state index >= 15 is 0 Å². The molecule has 6 nitrogen and oxygen atoms in total. The molecular formula is C13H21NO5. The fraction of sp³-hybridized carbons (Fsp3) is 0.846. The van der Waals surface area contributed by atoms with Crippen LogP contribution in [-0.2, 0) is 19.1 Å². The summed E-state index contributed by atoms with van der Waals surface area (Å²) < 4.78 is 10.9. The molecule has 0 radical (unpaired) electrons. The molecule has 0 aromatic heterocycles. The predicted octanol–water partition coefficient (Wildman–Crippen LogP) is 0.648. The van der Waals surface area contributed by atoms with Gasteiger partial charge in [-0.2, -0.15) is 0 Å². The van der Waals surface area contributed by atoms with Crippen LogP contribution in [0, 0.1) is 0 Å². The van der Waals surface area contributed by atoms with E-state index in [1.54, 1.807) is 4.90 Å². The highest BCUT2D eigenvalue weighted by Gasteiger charge is 2.28. The zero-order chi connectivity index (χ0) is 13.7. The molecule has 2 rings (SSSR count).